The van der Waals surface area contributed by atoms with Gasteiger partial charge in [-0.2, -0.15) is 0 Å². The molecule has 0 aliphatic heterocycles. The van der Waals surface area contributed by atoms with Gasteiger partial charge in [0.15, 0.2) is 0 Å². The van der Waals surface area contributed by atoms with Crippen molar-refractivity contribution in [3.05, 3.63) is 39.8 Å². The first-order valence-electron chi connectivity index (χ1n) is 4.23. The normalized spacial score (nSPS) is 9.40. The molecule has 6 heteroatoms. The molecule has 0 aromatic heterocycles. The zero-order valence-electron chi connectivity index (χ0n) is 7.85. The molecule has 0 aliphatic rings. The van der Waals surface area contributed by atoms with Crippen LogP contribution >= 0.6 is 11.6 Å². The summed E-state index contributed by atoms with van der Waals surface area (Å²) < 4.78 is 0. The van der Waals surface area contributed by atoms with Gasteiger partial charge >= 0.3 is 0 Å². The maximum Gasteiger partial charge on any atom is 0.248 e. The molecule has 0 fully saturated rings. The minimum atomic E-state index is -0.515. The Morgan fingerprint density at radius 3 is 2.87 bits per heavy atom. The molecular formula is C9H9ClN4O. The number of benzene rings is 1. The number of hydrogen-bond acceptors (Lipinski definition) is 2. The van der Waals surface area contributed by atoms with E-state index in [1.54, 1.807) is 12.1 Å². The Morgan fingerprint density at radius 2 is 2.33 bits per heavy atom. The lowest BCUT2D eigenvalue weighted by molar-refractivity contribution is 0.1000. The van der Waals surface area contributed by atoms with Gasteiger partial charge in [0.1, 0.15) is 0 Å². The highest BCUT2D eigenvalue weighted by molar-refractivity contribution is 6.18. The average molecular weight is 225 g/mol. The lowest BCUT2D eigenvalue weighted by Crippen LogP contribution is -2.11. The van der Waals surface area contributed by atoms with Gasteiger partial charge in [-0.1, -0.05) is 11.2 Å². The Kier molecular flexibility index (Phi) is 3.97. The minimum absolute atomic E-state index is 0.381. The Labute approximate surface area is 91.5 Å². The zero-order valence-corrected chi connectivity index (χ0v) is 8.61. The van der Waals surface area contributed by atoms with Crippen molar-refractivity contribution in [2.45, 2.75) is 6.42 Å². The quantitative estimate of drug-likeness (QED) is 0.362. The van der Waals surface area contributed by atoms with Gasteiger partial charge in [0, 0.05) is 22.0 Å². The number of rotatable bonds is 4. The van der Waals surface area contributed by atoms with Crippen molar-refractivity contribution >= 4 is 23.2 Å². The highest BCUT2D eigenvalue weighted by Crippen LogP contribution is 2.21. The van der Waals surface area contributed by atoms with Crippen LogP contribution in [-0.2, 0) is 6.42 Å². The second kappa shape index (κ2) is 5.24. The van der Waals surface area contributed by atoms with Crippen LogP contribution in [0.2, 0.25) is 0 Å². The smallest absolute Gasteiger partial charge is 0.248 e. The van der Waals surface area contributed by atoms with Gasteiger partial charge in [0.05, 0.1) is 0 Å². The van der Waals surface area contributed by atoms with Crippen LogP contribution in [0.4, 0.5) is 5.69 Å². The summed E-state index contributed by atoms with van der Waals surface area (Å²) in [4.78, 5) is 13.6. The Bertz CT molecular complexity index is 426. The predicted octanol–water partition coefficient (Wildman–Crippen LogP) is 2.51. The van der Waals surface area contributed by atoms with Crippen LogP contribution in [0.3, 0.4) is 0 Å². The van der Waals surface area contributed by atoms with E-state index in [9.17, 15) is 4.79 Å². The fourth-order valence-electron chi connectivity index (χ4n) is 1.19. The van der Waals surface area contributed by atoms with Gasteiger partial charge in [0.2, 0.25) is 5.91 Å². The highest BCUT2D eigenvalue weighted by Gasteiger charge is 2.05. The minimum Gasteiger partial charge on any atom is -0.366 e. The van der Waals surface area contributed by atoms with E-state index in [1.807, 2.05) is 0 Å². The summed E-state index contributed by atoms with van der Waals surface area (Å²) >= 11 is 5.59. The summed E-state index contributed by atoms with van der Waals surface area (Å²) in [6.45, 7) is 0. The van der Waals surface area contributed by atoms with E-state index in [4.69, 9.17) is 22.9 Å². The van der Waals surface area contributed by atoms with E-state index in [-0.39, 0.29) is 0 Å². The fourth-order valence-corrected chi connectivity index (χ4v) is 1.39. The van der Waals surface area contributed by atoms with Crippen molar-refractivity contribution in [1.82, 2.24) is 0 Å². The molecule has 0 unspecified atom stereocenters. The first-order valence-corrected chi connectivity index (χ1v) is 4.76. The molecule has 1 rings (SSSR count). The van der Waals surface area contributed by atoms with E-state index in [0.29, 0.717) is 23.6 Å². The molecule has 2 N–H and O–H groups in total. The molecule has 1 amide bonds. The van der Waals surface area contributed by atoms with E-state index in [0.717, 1.165) is 5.56 Å². The van der Waals surface area contributed by atoms with Crippen LogP contribution in [0.15, 0.2) is 23.3 Å². The topological polar surface area (TPSA) is 91.8 Å². The zero-order chi connectivity index (χ0) is 11.3. The molecule has 5 nitrogen and oxygen atoms in total. The molecule has 0 spiro atoms. The molecule has 0 saturated carbocycles. The Morgan fingerprint density at radius 1 is 1.60 bits per heavy atom. The van der Waals surface area contributed by atoms with Crippen molar-refractivity contribution in [3.8, 4) is 0 Å². The number of primary amides is 1. The lowest BCUT2D eigenvalue weighted by atomic mass is 10.1. The summed E-state index contributed by atoms with van der Waals surface area (Å²) in [5.41, 5.74) is 15.0. The van der Waals surface area contributed by atoms with Gasteiger partial charge in [-0.15, -0.1) is 11.6 Å². The largest absolute Gasteiger partial charge is 0.366 e. The third kappa shape index (κ3) is 2.87. The van der Waals surface area contributed by atoms with Crippen LogP contribution in [-0.4, -0.2) is 11.8 Å². The van der Waals surface area contributed by atoms with Crippen LogP contribution in [0, 0.1) is 0 Å². The number of nitrogens with zero attached hydrogens (tertiary/aromatic N) is 3. The number of carbonyl (C=O) groups is 1. The molecule has 0 saturated heterocycles. The van der Waals surface area contributed by atoms with Crippen LogP contribution in [0.25, 0.3) is 10.4 Å². The molecule has 0 atom stereocenters. The molecule has 1 aromatic carbocycles. The number of halogens is 1. The number of nitrogens with two attached hydrogens (primary N) is 1. The molecule has 0 radical (unpaired) electrons. The van der Waals surface area contributed by atoms with Crippen LogP contribution < -0.4 is 5.73 Å². The first kappa shape index (κ1) is 11.4. The number of amides is 1. The number of hydrogen-bond donors (Lipinski definition) is 1. The SMILES string of the molecule is [N-]=[N+]=Nc1ccc(C(N)=O)cc1CCCl. The van der Waals surface area contributed by atoms with Crippen molar-refractivity contribution in [3.63, 3.8) is 0 Å². The monoisotopic (exact) mass is 224 g/mol. The van der Waals surface area contributed by atoms with Crippen molar-refractivity contribution < 1.29 is 4.79 Å². The van der Waals surface area contributed by atoms with Crippen LogP contribution in [0.1, 0.15) is 15.9 Å². The summed E-state index contributed by atoms with van der Waals surface area (Å²) in [5, 5.41) is 3.50. The molecular weight excluding hydrogens is 216 g/mol. The Hall–Kier alpha value is -1.71. The van der Waals surface area contributed by atoms with Crippen LogP contribution in [0.5, 0.6) is 0 Å². The molecule has 1 aromatic rings. The third-order valence-electron chi connectivity index (χ3n) is 1.88. The van der Waals surface area contributed by atoms with Gasteiger partial charge in [-0.3, -0.25) is 4.79 Å². The number of alkyl halides is 1. The molecule has 15 heavy (non-hydrogen) atoms. The van der Waals surface area contributed by atoms with Gasteiger partial charge in [-0.05, 0) is 29.6 Å². The molecule has 0 aliphatic carbocycles. The van der Waals surface area contributed by atoms with E-state index in [2.05, 4.69) is 10.0 Å². The summed E-state index contributed by atoms with van der Waals surface area (Å²) in [5.74, 6) is -0.130. The van der Waals surface area contributed by atoms with Gasteiger partial charge in [0.25, 0.3) is 0 Å². The third-order valence-corrected chi connectivity index (χ3v) is 2.07. The number of azide groups is 1. The van der Waals surface area contributed by atoms with E-state index >= 15 is 0 Å². The molecule has 78 valence electrons. The standard InChI is InChI=1S/C9H9ClN4O/c10-4-3-6-5-7(9(11)15)1-2-8(6)13-14-12/h1-2,5H,3-4H2,(H2,11,15). The maximum absolute atomic E-state index is 10.9. The van der Waals surface area contributed by atoms with Crippen molar-refractivity contribution in [2.75, 3.05) is 5.88 Å². The summed E-state index contributed by atoms with van der Waals surface area (Å²) in [7, 11) is 0. The summed E-state index contributed by atoms with van der Waals surface area (Å²) in [6.07, 6.45) is 0.525. The maximum atomic E-state index is 10.9. The Balaban J connectivity index is 3.19. The summed E-state index contributed by atoms with van der Waals surface area (Å²) in [6, 6.07) is 4.67. The van der Waals surface area contributed by atoms with Crippen molar-refractivity contribution in [1.29, 1.82) is 0 Å². The van der Waals surface area contributed by atoms with Gasteiger partial charge in [-0.25, -0.2) is 0 Å². The molecule has 0 heterocycles. The lowest BCUT2D eigenvalue weighted by Gasteiger charge is -2.04. The number of aryl methyl sites for hydroxylation is 1. The average Bonchev–Trinajstić information content (AvgIpc) is 2.21. The van der Waals surface area contributed by atoms with Gasteiger partial charge < -0.3 is 5.73 Å². The van der Waals surface area contributed by atoms with E-state index < -0.39 is 5.91 Å². The van der Waals surface area contributed by atoms with E-state index in [1.165, 1.54) is 6.07 Å². The second-order valence-electron chi connectivity index (χ2n) is 2.84. The predicted molar refractivity (Wildman–Crippen MR) is 58.2 cm³/mol. The number of carbonyl (C=O) groups excluding carboxylic acids is 1. The first-order chi connectivity index (χ1) is 7.19. The highest BCUT2D eigenvalue weighted by atomic mass is 35.5. The van der Waals surface area contributed by atoms with Crippen molar-refractivity contribution in [2.24, 2.45) is 10.8 Å². The fraction of sp³-hybridized carbons (Fsp3) is 0.222. The second-order valence-corrected chi connectivity index (χ2v) is 3.21. The molecule has 0 bridgehead atoms.